The van der Waals surface area contributed by atoms with Crippen LogP contribution in [0.2, 0.25) is 0 Å². The minimum atomic E-state index is -1.61. The standard InChI is InChI=1S/C21H26O9/c22-10-17-18(26)19(27)20(28)21(30-17)29-16-9-13(24)8-15(25)14(16)3-1-2-11-4-6-12(23)7-5-11/h4-9,17-28H,1-3,10H2/t17-,18-,19+,20-,21-/m1/s1. The highest BCUT2D eigenvalue weighted by Crippen LogP contribution is 2.36. The molecule has 0 amide bonds. The van der Waals surface area contributed by atoms with Gasteiger partial charge in [0.1, 0.15) is 47.4 Å². The molecule has 1 aliphatic rings. The number of aliphatic hydroxyl groups excluding tert-OH is 4. The number of rotatable bonds is 7. The highest BCUT2D eigenvalue weighted by atomic mass is 16.7. The van der Waals surface area contributed by atoms with Crippen molar-refractivity contribution in [2.24, 2.45) is 0 Å². The molecule has 5 atom stereocenters. The fourth-order valence-corrected chi connectivity index (χ4v) is 3.39. The van der Waals surface area contributed by atoms with E-state index in [4.69, 9.17) is 9.47 Å². The maximum absolute atomic E-state index is 10.3. The fourth-order valence-electron chi connectivity index (χ4n) is 3.39. The lowest BCUT2D eigenvalue weighted by Crippen LogP contribution is -2.60. The molecule has 1 saturated heterocycles. The molecule has 0 bridgehead atoms. The number of benzene rings is 2. The largest absolute Gasteiger partial charge is 0.508 e. The van der Waals surface area contributed by atoms with Crippen LogP contribution in [0.25, 0.3) is 0 Å². The van der Waals surface area contributed by atoms with Crippen LogP contribution in [0.3, 0.4) is 0 Å². The third kappa shape index (κ3) is 4.94. The second-order valence-electron chi connectivity index (χ2n) is 7.28. The molecule has 0 radical (unpaired) electrons. The van der Waals surface area contributed by atoms with E-state index in [1.165, 1.54) is 6.07 Å². The van der Waals surface area contributed by atoms with E-state index in [1.54, 1.807) is 24.3 Å². The van der Waals surface area contributed by atoms with Gasteiger partial charge in [0.05, 0.1) is 6.61 Å². The lowest BCUT2D eigenvalue weighted by molar-refractivity contribution is -0.277. The van der Waals surface area contributed by atoms with Crippen LogP contribution in [0.15, 0.2) is 36.4 Å². The first-order chi connectivity index (χ1) is 14.3. The van der Waals surface area contributed by atoms with Gasteiger partial charge in [-0.2, -0.15) is 0 Å². The number of hydrogen-bond acceptors (Lipinski definition) is 9. The molecule has 0 aromatic heterocycles. The van der Waals surface area contributed by atoms with Crippen molar-refractivity contribution < 1.29 is 45.2 Å². The molecule has 0 aliphatic carbocycles. The molecule has 0 spiro atoms. The van der Waals surface area contributed by atoms with E-state index in [2.05, 4.69) is 0 Å². The summed E-state index contributed by atoms with van der Waals surface area (Å²) in [7, 11) is 0. The Morgan fingerprint density at radius 1 is 0.833 bits per heavy atom. The first-order valence-corrected chi connectivity index (χ1v) is 9.60. The van der Waals surface area contributed by atoms with E-state index in [0.717, 1.165) is 11.6 Å². The van der Waals surface area contributed by atoms with Crippen molar-refractivity contribution in [3.63, 3.8) is 0 Å². The smallest absolute Gasteiger partial charge is 0.229 e. The van der Waals surface area contributed by atoms with Gasteiger partial charge in [0.15, 0.2) is 0 Å². The molecule has 2 aromatic carbocycles. The SMILES string of the molecule is OC[C@H]1O[C@@H](Oc2cc(O)cc(O)c2CCCc2ccc(O)cc2)[C@H](O)[C@@H](O)[C@@H]1O. The first-order valence-electron chi connectivity index (χ1n) is 9.60. The van der Waals surface area contributed by atoms with Gasteiger partial charge in [0, 0.05) is 17.7 Å². The monoisotopic (exact) mass is 422 g/mol. The summed E-state index contributed by atoms with van der Waals surface area (Å²) in [5.41, 5.74) is 1.35. The average molecular weight is 422 g/mol. The summed E-state index contributed by atoms with van der Waals surface area (Å²) in [6.45, 7) is -0.602. The third-order valence-corrected chi connectivity index (χ3v) is 5.09. The molecule has 0 saturated carbocycles. The highest BCUT2D eigenvalue weighted by Gasteiger charge is 2.45. The van der Waals surface area contributed by atoms with Crippen LogP contribution in [0.5, 0.6) is 23.0 Å². The first kappa shape index (κ1) is 22.1. The molecule has 9 heteroatoms. The number of aliphatic hydroxyl groups is 4. The summed E-state index contributed by atoms with van der Waals surface area (Å²) < 4.78 is 11.0. The second kappa shape index (κ2) is 9.50. The zero-order valence-corrected chi connectivity index (χ0v) is 16.1. The molecular weight excluding hydrogens is 396 g/mol. The molecule has 0 unspecified atom stereocenters. The Morgan fingerprint density at radius 2 is 1.53 bits per heavy atom. The molecule has 7 N–H and O–H groups in total. The molecule has 9 nitrogen and oxygen atoms in total. The topological polar surface area (TPSA) is 160 Å². The lowest BCUT2D eigenvalue weighted by atomic mass is 9.99. The van der Waals surface area contributed by atoms with E-state index >= 15 is 0 Å². The third-order valence-electron chi connectivity index (χ3n) is 5.09. The second-order valence-corrected chi connectivity index (χ2v) is 7.28. The van der Waals surface area contributed by atoms with Crippen LogP contribution in [0, 0.1) is 0 Å². The minimum Gasteiger partial charge on any atom is -0.508 e. The van der Waals surface area contributed by atoms with Crippen LogP contribution in [-0.2, 0) is 17.6 Å². The Balaban J connectivity index is 1.74. The number of phenolic OH excluding ortho intramolecular Hbond substituents is 3. The van der Waals surface area contributed by atoms with Gasteiger partial charge in [0.25, 0.3) is 0 Å². The van der Waals surface area contributed by atoms with Gasteiger partial charge >= 0.3 is 0 Å². The normalized spacial score (nSPS) is 26.5. The van der Waals surface area contributed by atoms with Gasteiger partial charge in [-0.15, -0.1) is 0 Å². The fraction of sp³-hybridized carbons (Fsp3) is 0.429. The van der Waals surface area contributed by atoms with Crippen molar-refractivity contribution in [2.45, 2.75) is 50.0 Å². The maximum atomic E-state index is 10.3. The van der Waals surface area contributed by atoms with E-state index in [-0.39, 0.29) is 23.0 Å². The van der Waals surface area contributed by atoms with E-state index in [0.29, 0.717) is 24.8 Å². The number of phenols is 3. The Labute approximate surface area is 173 Å². The summed E-state index contributed by atoms with van der Waals surface area (Å²) in [6.07, 6.45) is -5.70. The van der Waals surface area contributed by atoms with Crippen LogP contribution in [0.1, 0.15) is 17.5 Å². The molecular formula is C21H26O9. The number of ether oxygens (including phenoxy) is 2. The van der Waals surface area contributed by atoms with Crippen LogP contribution >= 0.6 is 0 Å². The average Bonchev–Trinajstić information content (AvgIpc) is 2.71. The molecule has 1 aliphatic heterocycles. The lowest BCUT2D eigenvalue weighted by Gasteiger charge is -2.39. The van der Waals surface area contributed by atoms with Crippen LogP contribution in [0.4, 0.5) is 0 Å². The Kier molecular flexibility index (Phi) is 7.01. The molecule has 30 heavy (non-hydrogen) atoms. The predicted molar refractivity (Wildman–Crippen MR) is 104 cm³/mol. The Bertz CT molecular complexity index is 837. The van der Waals surface area contributed by atoms with Crippen molar-refractivity contribution in [1.82, 2.24) is 0 Å². The minimum absolute atomic E-state index is 0.0440. The summed E-state index contributed by atoms with van der Waals surface area (Å²) >= 11 is 0. The van der Waals surface area contributed by atoms with Crippen molar-refractivity contribution in [1.29, 1.82) is 0 Å². The number of aryl methyl sites for hydroxylation is 1. The Hall–Kier alpha value is -2.56. The Morgan fingerprint density at radius 3 is 2.20 bits per heavy atom. The van der Waals surface area contributed by atoms with Crippen molar-refractivity contribution in [3.8, 4) is 23.0 Å². The summed E-state index contributed by atoms with van der Waals surface area (Å²) in [5, 5.41) is 68.8. The van der Waals surface area contributed by atoms with Gasteiger partial charge in [-0.1, -0.05) is 12.1 Å². The maximum Gasteiger partial charge on any atom is 0.229 e. The molecule has 3 rings (SSSR count). The quantitative estimate of drug-likeness (QED) is 0.330. The van der Waals surface area contributed by atoms with E-state index in [9.17, 15) is 35.7 Å². The summed E-state index contributed by atoms with van der Waals surface area (Å²) in [4.78, 5) is 0. The number of hydrogen-bond donors (Lipinski definition) is 7. The van der Waals surface area contributed by atoms with E-state index in [1.807, 2.05) is 0 Å². The van der Waals surface area contributed by atoms with Crippen molar-refractivity contribution in [3.05, 3.63) is 47.5 Å². The predicted octanol–water partition coefficient (Wildman–Crippen LogP) is 0.157. The highest BCUT2D eigenvalue weighted by molar-refractivity contribution is 5.49. The van der Waals surface area contributed by atoms with Crippen molar-refractivity contribution in [2.75, 3.05) is 6.61 Å². The van der Waals surface area contributed by atoms with Crippen LogP contribution in [-0.4, -0.2) is 73.1 Å². The molecule has 1 heterocycles. The molecule has 164 valence electrons. The zero-order valence-electron chi connectivity index (χ0n) is 16.1. The van der Waals surface area contributed by atoms with Gasteiger partial charge in [-0.3, -0.25) is 0 Å². The van der Waals surface area contributed by atoms with E-state index < -0.39 is 37.3 Å². The molecule has 1 fully saturated rings. The van der Waals surface area contributed by atoms with Crippen LogP contribution < -0.4 is 4.74 Å². The summed E-state index contributed by atoms with van der Waals surface area (Å²) in [6, 6.07) is 9.16. The summed E-state index contributed by atoms with van der Waals surface area (Å²) in [5.74, 6) is -0.262. The van der Waals surface area contributed by atoms with Gasteiger partial charge < -0.3 is 45.2 Å². The van der Waals surface area contributed by atoms with Gasteiger partial charge in [0.2, 0.25) is 6.29 Å². The van der Waals surface area contributed by atoms with Crippen molar-refractivity contribution >= 4 is 0 Å². The van der Waals surface area contributed by atoms with Gasteiger partial charge in [-0.25, -0.2) is 0 Å². The molecule has 2 aromatic rings. The number of aromatic hydroxyl groups is 3. The zero-order chi connectivity index (χ0) is 21.8. The van der Waals surface area contributed by atoms with Gasteiger partial charge in [-0.05, 0) is 37.0 Å².